The van der Waals surface area contributed by atoms with E-state index in [1.807, 2.05) is 6.92 Å². The first-order valence-electron chi connectivity index (χ1n) is 11.1. The molecule has 0 radical (unpaired) electrons. The van der Waals surface area contributed by atoms with E-state index in [4.69, 9.17) is 16.3 Å². The smallest absolute Gasteiger partial charge is 0.243 e. The van der Waals surface area contributed by atoms with Crippen LogP contribution in [0.15, 0.2) is 23.1 Å². The Balaban J connectivity index is 1.56. The fraction of sp³-hybridized carbons (Fsp3) is 0.682. The third-order valence-corrected chi connectivity index (χ3v) is 8.31. The van der Waals surface area contributed by atoms with E-state index in [9.17, 15) is 13.2 Å². The van der Waals surface area contributed by atoms with Crippen LogP contribution in [0.3, 0.4) is 0 Å². The molecule has 0 aromatic heterocycles. The minimum absolute atomic E-state index is 0.0849. The Labute approximate surface area is 185 Å². The number of carbonyl (C=O) groups excluding carboxylic acids is 1. The zero-order valence-electron chi connectivity index (χ0n) is 17.7. The average Bonchev–Trinajstić information content (AvgIpc) is 2.71. The van der Waals surface area contributed by atoms with Crippen LogP contribution in [-0.2, 0) is 14.8 Å². The first-order chi connectivity index (χ1) is 14.4. The van der Waals surface area contributed by atoms with Gasteiger partial charge in [0.25, 0.3) is 0 Å². The highest BCUT2D eigenvalue weighted by molar-refractivity contribution is 7.89. The molecule has 1 aromatic carbocycles. The lowest BCUT2D eigenvalue weighted by molar-refractivity contribution is -0.127. The predicted molar refractivity (Wildman–Crippen MR) is 118 cm³/mol. The monoisotopic (exact) mass is 456 g/mol. The van der Waals surface area contributed by atoms with E-state index >= 15 is 0 Å². The van der Waals surface area contributed by atoms with E-state index in [-0.39, 0.29) is 27.8 Å². The van der Waals surface area contributed by atoms with Crippen molar-refractivity contribution in [1.82, 2.24) is 9.62 Å². The van der Waals surface area contributed by atoms with Crippen LogP contribution in [0.5, 0.6) is 5.75 Å². The van der Waals surface area contributed by atoms with Crippen molar-refractivity contribution in [2.45, 2.75) is 75.6 Å². The van der Waals surface area contributed by atoms with Gasteiger partial charge in [-0.15, -0.1) is 0 Å². The summed E-state index contributed by atoms with van der Waals surface area (Å²) in [7, 11) is -3.64. The summed E-state index contributed by atoms with van der Waals surface area (Å²) in [4.78, 5) is 12.9. The summed E-state index contributed by atoms with van der Waals surface area (Å²) in [6.07, 6.45) is 9.34. The first-order valence-corrected chi connectivity index (χ1v) is 13.0. The average molecular weight is 457 g/mol. The van der Waals surface area contributed by atoms with Crippen LogP contribution < -0.4 is 10.1 Å². The van der Waals surface area contributed by atoms with Crippen molar-refractivity contribution in [3.8, 4) is 5.75 Å². The van der Waals surface area contributed by atoms with E-state index in [1.54, 1.807) is 6.07 Å². The lowest BCUT2D eigenvalue weighted by atomic mass is 9.94. The molecule has 1 N–H and O–H groups in total. The Morgan fingerprint density at radius 2 is 1.73 bits per heavy atom. The van der Waals surface area contributed by atoms with Gasteiger partial charge in [-0.3, -0.25) is 4.79 Å². The van der Waals surface area contributed by atoms with Gasteiger partial charge in [-0.2, -0.15) is 4.31 Å². The van der Waals surface area contributed by atoms with Crippen molar-refractivity contribution in [3.63, 3.8) is 0 Å². The molecule has 8 heteroatoms. The summed E-state index contributed by atoms with van der Waals surface area (Å²) in [5.74, 6) is 0.440. The number of carbonyl (C=O) groups is 1. The summed E-state index contributed by atoms with van der Waals surface area (Å²) in [6.45, 7) is 2.99. The molecule has 2 aliphatic rings. The maximum absolute atomic E-state index is 13.0. The maximum Gasteiger partial charge on any atom is 0.243 e. The van der Waals surface area contributed by atoms with Crippen molar-refractivity contribution in [3.05, 3.63) is 23.2 Å². The molecule has 6 nitrogen and oxygen atoms in total. The van der Waals surface area contributed by atoms with Crippen LogP contribution in [0, 0.1) is 5.92 Å². The summed E-state index contributed by atoms with van der Waals surface area (Å²) >= 11 is 6.17. The molecule has 0 unspecified atom stereocenters. The van der Waals surface area contributed by atoms with Crippen LogP contribution in [0.25, 0.3) is 0 Å². The Morgan fingerprint density at radius 3 is 2.33 bits per heavy atom. The van der Waals surface area contributed by atoms with E-state index < -0.39 is 10.0 Å². The molecule has 1 amide bonds. The first kappa shape index (κ1) is 23.4. The minimum Gasteiger partial charge on any atom is -0.492 e. The second kappa shape index (κ2) is 10.8. The highest BCUT2D eigenvalue weighted by atomic mass is 35.5. The predicted octanol–water partition coefficient (Wildman–Crippen LogP) is 4.37. The summed E-state index contributed by atoms with van der Waals surface area (Å²) in [5, 5.41) is 3.51. The zero-order chi connectivity index (χ0) is 21.6. The number of nitrogens with zero attached hydrogens (tertiary/aromatic N) is 1. The van der Waals surface area contributed by atoms with Gasteiger partial charge < -0.3 is 10.1 Å². The van der Waals surface area contributed by atoms with Gasteiger partial charge in [-0.1, -0.05) is 43.7 Å². The number of benzene rings is 1. The molecule has 1 aromatic rings. The number of hydrogen-bond acceptors (Lipinski definition) is 4. The second-order valence-corrected chi connectivity index (χ2v) is 10.6. The number of ether oxygens (including phenoxy) is 1. The highest BCUT2D eigenvalue weighted by Crippen LogP contribution is 2.30. The van der Waals surface area contributed by atoms with E-state index in [2.05, 4.69) is 5.32 Å². The number of nitrogens with one attached hydrogen (secondary N) is 1. The summed E-state index contributed by atoms with van der Waals surface area (Å²) < 4.78 is 32.8. The largest absolute Gasteiger partial charge is 0.492 e. The number of piperidine rings is 1. The van der Waals surface area contributed by atoms with Gasteiger partial charge in [0, 0.05) is 25.0 Å². The van der Waals surface area contributed by atoms with Gasteiger partial charge in [-0.05, 0) is 50.8 Å². The van der Waals surface area contributed by atoms with Crippen molar-refractivity contribution < 1.29 is 17.9 Å². The van der Waals surface area contributed by atoms with Crippen molar-refractivity contribution >= 4 is 27.5 Å². The lowest BCUT2D eigenvalue weighted by Crippen LogP contribution is -2.45. The maximum atomic E-state index is 13.0. The number of hydrogen-bond donors (Lipinski definition) is 1. The molecule has 1 heterocycles. The molecule has 3 rings (SSSR count). The Bertz CT molecular complexity index is 814. The quantitative estimate of drug-likeness (QED) is 0.689. The fourth-order valence-corrected chi connectivity index (χ4v) is 6.14. The van der Waals surface area contributed by atoms with Gasteiger partial charge in [0.15, 0.2) is 0 Å². The van der Waals surface area contributed by atoms with Gasteiger partial charge >= 0.3 is 0 Å². The fourth-order valence-electron chi connectivity index (χ4n) is 4.34. The highest BCUT2D eigenvalue weighted by Gasteiger charge is 2.33. The lowest BCUT2D eigenvalue weighted by Gasteiger charge is -2.32. The molecule has 1 saturated heterocycles. The number of sulfonamides is 1. The zero-order valence-corrected chi connectivity index (χ0v) is 19.3. The Kier molecular flexibility index (Phi) is 8.43. The molecule has 0 atom stereocenters. The third kappa shape index (κ3) is 5.89. The number of amides is 1. The Morgan fingerprint density at radius 1 is 1.10 bits per heavy atom. The van der Waals surface area contributed by atoms with Gasteiger partial charge in [0.2, 0.25) is 15.9 Å². The van der Waals surface area contributed by atoms with E-state index in [0.29, 0.717) is 38.3 Å². The summed E-state index contributed by atoms with van der Waals surface area (Å²) in [6, 6.07) is 4.83. The third-order valence-electron chi connectivity index (χ3n) is 6.12. The topological polar surface area (TPSA) is 75.7 Å². The van der Waals surface area contributed by atoms with Gasteiger partial charge in [0.05, 0.1) is 16.5 Å². The van der Waals surface area contributed by atoms with Crippen LogP contribution in [0.2, 0.25) is 5.02 Å². The van der Waals surface area contributed by atoms with Crippen molar-refractivity contribution in [2.24, 2.45) is 5.92 Å². The van der Waals surface area contributed by atoms with Crippen LogP contribution in [0.4, 0.5) is 0 Å². The molecule has 1 aliphatic carbocycles. The van der Waals surface area contributed by atoms with Crippen molar-refractivity contribution in [2.75, 3.05) is 19.7 Å². The van der Waals surface area contributed by atoms with Crippen LogP contribution in [-0.4, -0.2) is 44.4 Å². The second-order valence-electron chi connectivity index (χ2n) is 8.25. The normalized spacial score (nSPS) is 20.3. The number of rotatable bonds is 6. The molecule has 0 bridgehead atoms. The van der Waals surface area contributed by atoms with Gasteiger partial charge in [-0.25, -0.2) is 8.42 Å². The molecule has 1 saturated carbocycles. The SMILES string of the molecule is CCOc1ccc(S(=O)(=O)N2CCC(C(=O)NC3CCCCCCC3)CC2)cc1Cl. The molecular formula is C22H33ClN2O4S. The standard InChI is InChI=1S/C22H33ClN2O4S/c1-2-29-21-11-10-19(16-20(21)23)30(27,28)25-14-12-17(13-15-25)22(26)24-18-8-6-4-3-5-7-9-18/h10-11,16-18H,2-9,12-15H2,1H3,(H,24,26). The van der Waals surface area contributed by atoms with E-state index in [0.717, 1.165) is 12.8 Å². The van der Waals surface area contributed by atoms with Crippen LogP contribution in [0.1, 0.15) is 64.7 Å². The van der Waals surface area contributed by atoms with Crippen LogP contribution >= 0.6 is 11.6 Å². The molecule has 168 valence electrons. The molecule has 30 heavy (non-hydrogen) atoms. The van der Waals surface area contributed by atoms with E-state index in [1.165, 1.54) is 48.5 Å². The summed E-state index contributed by atoms with van der Waals surface area (Å²) in [5.41, 5.74) is 0. The molecular weight excluding hydrogens is 424 g/mol. The molecule has 1 aliphatic heterocycles. The van der Waals surface area contributed by atoms with Gasteiger partial charge in [0.1, 0.15) is 5.75 Å². The number of halogens is 1. The Hall–Kier alpha value is -1.31. The molecule has 2 fully saturated rings. The van der Waals surface area contributed by atoms with Crippen molar-refractivity contribution in [1.29, 1.82) is 0 Å². The minimum atomic E-state index is -3.64. The molecule has 0 spiro atoms.